The van der Waals surface area contributed by atoms with Crippen molar-refractivity contribution in [1.82, 2.24) is 14.4 Å². The van der Waals surface area contributed by atoms with Gasteiger partial charge in [0.1, 0.15) is 6.54 Å². The molecule has 2 aromatic carbocycles. The number of fused-ring (bicyclic) bond motifs is 1. The number of aromatic nitrogens is 1. The number of amides is 3. The zero-order valence-corrected chi connectivity index (χ0v) is 21.0. The molecular weight excluding hydrogens is 440 g/mol. The van der Waals surface area contributed by atoms with Crippen molar-refractivity contribution in [2.75, 3.05) is 38.7 Å². The Hall–Kier alpha value is -3.58. The Bertz CT molecular complexity index is 1190. The summed E-state index contributed by atoms with van der Waals surface area (Å²) in [6.45, 7) is 7.97. The van der Waals surface area contributed by atoms with E-state index in [-0.39, 0.29) is 24.5 Å². The molecule has 0 saturated heterocycles. The average Bonchev–Trinajstić information content (AvgIpc) is 3.32. The summed E-state index contributed by atoms with van der Waals surface area (Å²) in [6.07, 6.45) is 2.06. The summed E-state index contributed by atoms with van der Waals surface area (Å²) < 4.78 is 7.43. The van der Waals surface area contributed by atoms with Gasteiger partial charge in [-0.3, -0.25) is 4.79 Å². The normalized spacial score (nSPS) is 15.0. The van der Waals surface area contributed by atoms with Crippen molar-refractivity contribution in [3.8, 4) is 0 Å². The second-order valence-electron chi connectivity index (χ2n) is 9.19. The van der Waals surface area contributed by atoms with Crippen molar-refractivity contribution in [1.29, 1.82) is 0 Å². The molecule has 1 atom stereocenters. The number of carbonyl (C=O) groups is 2. The zero-order chi connectivity index (χ0) is 24.9. The first-order chi connectivity index (χ1) is 16.9. The van der Waals surface area contributed by atoms with Crippen LogP contribution in [0, 0.1) is 20.8 Å². The Kier molecular flexibility index (Phi) is 7.56. The molecule has 1 aliphatic rings. The number of carbonyl (C=O) groups excluding carboxylic acids is 2. The lowest BCUT2D eigenvalue weighted by molar-refractivity contribution is -0.134. The first kappa shape index (κ1) is 24.5. The highest BCUT2D eigenvalue weighted by Crippen LogP contribution is 2.32. The minimum Gasteiger partial charge on any atom is -0.383 e. The van der Waals surface area contributed by atoms with Crippen LogP contribution in [0.3, 0.4) is 0 Å². The first-order valence-electron chi connectivity index (χ1n) is 12.0. The largest absolute Gasteiger partial charge is 0.383 e. The predicted molar refractivity (Wildman–Crippen MR) is 138 cm³/mol. The van der Waals surface area contributed by atoms with Gasteiger partial charge in [0.2, 0.25) is 5.91 Å². The number of nitrogens with one attached hydrogen (secondary N) is 1. The zero-order valence-electron chi connectivity index (χ0n) is 21.0. The van der Waals surface area contributed by atoms with Gasteiger partial charge in [0.15, 0.2) is 0 Å². The van der Waals surface area contributed by atoms with Crippen LogP contribution >= 0.6 is 0 Å². The molecule has 0 saturated carbocycles. The van der Waals surface area contributed by atoms with Gasteiger partial charge in [-0.1, -0.05) is 47.5 Å². The summed E-state index contributed by atoms with van der Waals surface area (Å²) in [4.78, 5) is 30.3. The lowest BCUT2D eigenvalue weighted by Gasteiger charge is -2.38. The van der Waals surface area contributed by atoms with E-state index in [1.165, 1.54) is 10.5 Å². The van der Waals surface area contributed by atoms with E-state index < -0.39 is 0 Å². The third-order valence-electron chi connectivity index (χ3n) is 6.55. The molecule has 0 spiro atoms. The molecule has 4 rings (SSSR count). The van der Waals surface area contributed by atoms with Gasteiger partial charge in [0, 0.05) is 44.3 Å². The molecule has 1 aliphatic heterocycles. The number of urea groups is 1. The number of aryl methyl sites for hydroxylation is 3. The number of rotatable bonds is 7. The van der Waals surface area contributed by atoms with Gasteiger partial charge < -0.3 is 24.4 Å². The van der Waals surface area contributed by atoms with Crippen LogP contribution in [0.2, 0.25) is 0 Å². The van der Waals surface area contributed by atoms with Crippen LogP contribution in [-0.2, 0) is 16.1 Å². The molecule has 0 unspecified atom stereocenters. The van der Waals surface area contributed by atoms with Gasteiger partial charge >= 0.3 is 6.03 Å². The Labute approximate surface area is 207 Å². The van der Waals surface area contributed by atoms with Crippen molar-refractivity contribution in [2.45, 2.75) is 33.4 Å². The molecule has 0 bridgehead atoms. The van der Waals surface area contributed by atoms with E-state index in [0.717, 1.165) is 34.6 Å². The average molecular weight is 475 g/mol. The lowest BCUT2D eigenvalue weighted by Crippen LogP contribution is -2.49. The maximum atomic E-state index is 13.7. The summed E-state index contributed by atoms with van der Waals surface area (Å²) in [7, 11) is 1.59. The summed E-state index contributed by atoms with van der Waals surface area (Å²) >= 11 is 0. The van der Waals surface area contributed by atoms with E-state index in [9.17, 15) is 9.59 Å². The number of nitrogens with zero attached hydrogens (tertiary/aromatic N) is 3. The van der Waals surface area contributed by atoms with Gasteiger partial charge in [-0.25, -0.2) is 4.79 Å². The Morgan fingerprint density at radius 3 is 2.49 bits per heavy atom. The molecule has 1 aromatic heterocycles. The molecule has 1 N–H and O–H groups in total. The van der Waals surface area contributed by atoms with E-state index in [1.54, 1.807) is 7.11 Å². The van der Waals surface area contributed by atoms with Crippen molar-refractivity contribution in [2.24, 2.45) is 0 Å². The van der Waals surface area contributed by atoms with Gasteiger partial charge in [0.05, 0.1) is 12.6 Å². The minimum atomic E-state index is -0.311. The van der Waals surface area contributed by atoms with E-state index in [2.05, 4.69) is 53.3 Å². The third kappa shape index (κ3) is 5.57. The highest BCUT2D eigenvalue weighted by atomic mass is 16.5. The van der Waals surface area contributed by atoms with E-state index in [0.29, 0.717) is 19.7 Å². The molecule has 0 fully saturated rings. The second kappa shape index (κ2) is 10.8. The van der Waals surface area contributed by atoms with Crippen LogP contribution < -0.4 is 5.32 Å². The fourth-order valence-corrected chi connectivity index (χ4v) is 4.61. The van der Waals surface area contributed by atoms with E-state index in [4.69, 9.17) is 4.74 Å². The predicted octanol–water partition coefficient (Wildman–Crippen LogP) is 4.53. The fraction of sp³-hybridized carbons (Fsp3) is 0.357. The number of ether oxygens (including phenoxy) is 1. The lowest BCUT2D eigenvalue weighted by atomic mass is 9.98. The quantitative estimate of drug-likeness (QED) is 0.547. The number of hydrogen-bond donors (Lipinski definition) is 1. The molecule has 3 amide bonds. The third-order valence-corrected chi connectivity index (χ3v) is 6.55. The molecule has 2 heterocycles. The van der Waals surface area contributed by atoms with Gasteiger partial charge in [0.25, 0.3) is 0 Å². The SMILES string of the molecule is COCCN(CC(=O)N1CCn2cccc2[C@@H]1c1ccc(C)cc1)C(=O)Nc1ccc(C)cc1C. The molecule has 35 heavy (non-hydrogen) atoms. The Morgan fingerprint density at radius 1 is 1.03 bits per heavy atom. The van der Waals surface area contributed by atoms with Gasteiger partial charge in [-0.05, 0) is 50.1 Å². The van der Waals surface area contributed by atoms with Crippen molar-refractivity contribution in [3.05, 3.63) is 88.7 Å². The summed E-state index contributed by atoms with van der Waals surface area (Å²) in [5.41, 5.74) is 6.16. The van der Waals surface area contributed by atoms with Crippen LogP contribution in [0.1, 0.15) is 34.0 Å². The molecule has 3 aromatic rings. The van der Waals surface area contributed by atoms with Gasteiger partial charge in [-0.2, -0.15) is 0 Å². The molecule has 7 heteroatoms. The number of benzene rings is 2. The second-order valence-corrected chi connectivity index (χ2v) is 9.19. The van der Waals surface area contributed by atoms with Crippen LogP contribution in [-0.4, -0.2) is 59.7 Å². The highest BCUT2D eigenvalue weighted by Gasteiger charge is 2.33. The van der Waals surface area contributed by atoms with Crippen LogP contribution in [0.15, 0.2) is 60.8 Å². The maximum Gasteiger partial charge on any atom is 0.322 e. The Morgan fingerprint density at radius 2 is 1.77 bits per heavy atom. The summed E-state index contributed by atoms with van der Waals surface area (Å²) in [5.74, 6) is -0.0880. The van der Waals surface area contributed by atoms with Crippen LogP contribution in [0.4, 0.5) is 10.5 Å². The Balaban J connectivity index is 1.56. The van der Waals surface area contributed by atoms with Crippen LogP contribution in [0.5, 0.6) is 0 Å². The number of hydrogen-bond acceptors (Lipinski definition) is 3. The van der Waals surface area contributed by atoms with E-state index in [1.807, 2.05) is 43.0 Å². The smallest absolute Gasteiger partial charge is 0.322 e. The monoisotopic (exact) mass is 474 g/mol. The molecule has 0 aliphatic carbocycles. The molecular formula is C28H34N4O3. The van der Waals surface area contributed by atoms with E-state index >= 15 is 0 Å². The topological polar surface area (TPSA) is 66.8 Å². The van der Waals surface area contributed by atoms with Gasteiger partial charge in [-0.15, -0.1) is 0 Å². The number of methoxy groups -OCH3 is 1. The minimum absolute atomic E-state index is 0.0246. The van der Waals surface area contributed by atoms with Crippen molar-refractivity contribution in [3.63, 3.8) is 0 Å². The fourth-order valence-electron chi connectivity index (χ4n) is 4.61. The number of anilines is 1. The molecule has 184 valence electrons. The van der Waals surface area contributed by atoms with Crippen molar-refractivity contribution >= 4 is 17.6 Å². The summed E-state index contributed by atoms with van der Waals surface area (Å²) in [5, 5.41) is 2.97. The van der Waals surface area contributed by atoms with Crippen LogP contribution in [0.25, 0.3) is 0 Å². The highest BCUT2D eigenvalue weighted by molar-refractivity contribution is 5.93. The van der Waals surface area contributed by atoms with Crippen molar-refractivity contribution < 1.29 is 14.3 Å². The first-order valence-corrected chi connectivity index (χ1v) is 12.0. The summed E-state index contributed by atoms with van der Waals surface area (Å²) in [6, 6.07) is 17.8. The standard InChI is InChI=1S/C28H34N4O3/c1-20-7-10-23(11-8-20)27-25-6-5-13-30(25)14-15-32(27)26(33)19-31(16-17-35-4)28(34)29-24-12-9-21(2)18-22(24)3/h5-13,18,27H,14-17,19H2,1-4H3,(H,29,34)/t27-/m0/s1. The molecule has 7 nitrogen and oxygen atoms in total. The maximum absolute atomic E-state index is 13.7. The molecule has 0 radical (unpaired) electrons.